The normalized spacial score (nSPS) is 23.5. The number of hydrogen-bond donors (Lipinski definition) is 1. The summed E-state index contributed by atoms with van der Waals surface area (Å²) >= 11 is 0. The van der Waals surface area contributed by atoms with E-state index in [4.69, 9.17) is 0 Å². The first kappa shape index (κ1) is 15.3. The molecule has 2 saturated heterocycles. The minimum absolute atomic E-state index is 0.129. The lowest BCUT2D eigenvalue weighted by Gasteiger charge is -2.23. The molecular weight excluding hydrogens is 272 g/mol. The van der Waals surface area contributed by atoms with Crippen LogP contribution in [0.4, 0.5) is 0 Å². The molecule has 0 saturated carbocycles. The number of carbonyl (C=O) groups excluding carboxylic acids is 1. The van der Waals surface area contributed by atoms with Crippen molar-refractivity contribution in [1.29, 1.82) is 0 Å². The lowest BCUT2D eigenvalue weighted by Crippen LogP contribution is -2.34. The van der Waals surface area contributed by atoms with Gasteiger partial charge >= 0.3 is 0 Å². The van der Waals surface area contributed by atoms with E-state index in [1.54, 1.807) is 5.57 Å². The molecular formula is C19H26N2O. The third-order valence-corrected chi connectivity index (χ3v) is 4.93. The van der Waals surface area contributed by atoms with Crippen molar-refractivity contribution in [2.75, 3.05) is 13.1 Å². The van der Waals surface area contributed by atoms with E-state index in [2.05, 4.69) is 23.5 Å². The first-order valence-electron chi connectivity index (χ1n) is 8.54. The molecule has 1 N–H and O–H groups in total. The van der Waals surface area contributed by atoms with E-state index in [1.165, 1.54) is 31.2 Å². The van der Waals surface area contributed by atoms with E-state index in [0.29, 0.717) is 12.1 Å². The van der Waals surface area contributed by atoms with Crippen LogP contribution in [0.25, 0.3) is 6.08 Å². The second-order valence-corrected chi connectivity index (χ2v) is 6.45. The Labute approximate surface area is 133 Å². The monoisotopic (exact) mass is 298 g/mol. The van der Waals surface area contributed by atoms with Crippen LogP contribution in [0.1, 0.15) is 55.5 Å². The smallest absolute Gasteiger partial charge is 0.253 e. The number of hydrogen-bond acceptors (Lipinski definition) is 2. The summed E-state index contributed by atoms with van der Waals surface area (Å²) < 4.78 is 0. The number of piperidine rings is 1. The number of nitrogens with one attached hydrogen (secondary N) is 1. The van der Waals surface area contributed by atoms with Gasteiger partial charge in [-0.15, -0.1) is 0 Å². The van der Waals surface area contributed by atoms with Crippen molar-refractivity contribution in [3.8, 4) is 0 Å². The highest BCUT2D eigenvalue weighted by Crippen LogP contribution is 2.31. The highest BCUT2D eigenvalue weighted by atomic mass is 16.2. The van der Waals surface area contributed by atoms with E-state index < -0.39 is 0 Å². The molecule has 22 heavy (non-hydrogen) atoms. The largest absolute Gasteiger partial charge is 0.339 e. The van der Waals surface area contributed by atoms with E-state index in [9.17, 15) is 4.79 Å². The van der Waals surface area contributed by atoms with E-state index in [1.807, 2.05) is 30.9 Å². The number of nitrogens with zero attached hydrogens (tertiary/aromatic N) is 1. The summed E-state index contributed by atoms with van der Waals surface area (Å²) in [6.45, 7) is 5.56. The van der Waals surface area contributed by atoms with Crippen molar-refractivity contribution in [3.63, 3.8) is 0 Å². The molecule has 2 bridgehead atoms. The van der Waals surface area contributed by atoms with Gasteiger partial charge in [0.05, 0.1) is 0 Å². The molecule has 1 aromatic carbocycles. The fourth-order valence-electron chi connectivity index (χ4n) is 3.71. The molecule has 3 heteroatoms. The van der Waals surface area contributed by atoms with Crippen LogP contribution in [0.2, 0.25) is 0 Å². The Kier molecular flexibility index (Phi) is 4.63. The molecule has 1 aromatic rings. The predicted molar refractivity (Wildman–Crippen MR) is 90.9 cm³/mol. The average Bonchev–Trinajstić information content (AvgIpc) is 2.88. The molecule has 2 aliphatic rings. The molecule has 3 nitrogen and oxygen atoms in total. The van der Waals surface area contributed by atoms with Gasteiger partial charge in [-0.25, -0.2) is 0 Å². The second kappa shape index (κ2) is 6.66. The van der Waals surface area contributed by atoms with Crippen LogP contribution in [0.5, 0.6) is 0 Å². The maximum absolute atomic E-state index is 12.3. The zero-order valence-electron chi connectivity index (χ0n) is 13.6. The topological polar surface area (TPSA) is 32.3 Å². The van der Waals surface area contributed by atoms with Crippen LogP contribution in [0.15, 0.2) is 29.8 Å². The minimum atomic E-state index is 0.129. The second-order valence-electron chi connectivity index (χ2n) is 6.45. The summed E-state index contributed by atoms with van der Waals surface area (Å²) in [6, 6.07) is 9.45. The molecule has 2 atom stereocenters. The van der Waals surface area contributed by atoms with Crippen LogP contribution in [-0.4, -0.2) is 36.0 Å². The van der Waals surface area contributed by atoms with Gasteiger partial charge in [-0.3, -0.25) is 4.79 Å². The third kappa shape index (κ3) is 3.25. The number of rotatable bonds is 4. The number of amides is 1. The molecule has 0 spiro atoms. The lowest BCUT2D eigenvalue weighted by atomic mass is 9.96. The Bertz CT molecular complexity index is 543. The van der Waals surface area contributed by atoms with Crippen molar-refractivity contribution in [1.82, 2.24) is 10.2 Å². The third-order valence-electron chi connectivity index (χ3n) is 4.93. The van der Waals surface area contributed by atoms with Crippen molar-refractivity contribution in [2.24, 2.45) is 0 Å². The lowest BCUT2D eigenvalue weighted by molar-refractivity contribution is 0.0773. The maximum Gasteiger partial charge on any atom is 0.253 e. The molecule has 3 rings (SSSR count). The highest BCUT2D eigenvalue weighted by molar-refractivity contribution is 5.94. The fraction of sp³-hybridized carbons (Fsp3) is 0.526. The SMILES string of the molecule is CCN(CC)C(=O)c1ccc(C=C2CC3CCC(C2)N3)cc1. The molecule has 2 fully saturated rings. The van der Waals surface area contributed by atoms with Gasteiger partial charge in [0, 0.05) is 30.7 Å². The molecule has 0 aromatic heterocycles. The summed E-state index contributed by atoms with van der Waals surface area (Å²) in [5, 5.41) is 3.66. The fourth-order valence-corrected chi connectivity index (χ4v) is 3.71. The Morgan fingerprint density at radius 3 is 2.27 bits per heavy atom. The van der Waals surface area contributed by atoms with Gasteiger partial charge in [0.15, 0.2) is 0 Å². The Hall–Kier alpha value is -1.61. The van der Waals surface area contributed by atoms with Gasteiger partial charge in [0.2, 0.25) is 0 Å². The molecule has 2 aliphatic heterocycles. The first-order valence-corrected chi connectivity index (χ1v) is 8.54. The minimum Gasteiger partial charge on any atom is -0.339 e. The van der Waals surface area contributed by atoms with Gasteiger partial charge in [0.1, 0.15) is 0 Å². The molecule has 1 amide bonds. The van der Waals surface area contributed by atoms with Crippen LogP contribution in [-0.2, 0) is 0 Å². The summed E-state index contributed by atoms with van der Waals surface area (Å²) in [5.41, 5.74) is 3.55. The highest BCUT2D eigenvalue weighted by Gasteiger charge is 2.29. The summed E-state index contributed by atoms with van der Waals surface area (Å²) in [4.78, 5) is 14.2. The van der Waals surface area contributed by atoms with Crippen LogP contribution in [0.3, 0.4) is 0 Å². The zero-order chi connectivity index (χ0) is 15.5. The van der Waals surface area contributed by atoms with E-state index >= 15 is 0 Å². The molecule has 118 valence electrons. The Morgan fingerprint density at radius 1 is 1.14 bits per heavy atom. The quantitative estimate of drug-likeness (QED) is 0.923. The Morgan fingerprint density at radius 2 is 1.73 bits per heavy atom. The zero-order valence-corrected chi connectivity index (χ0v) is 13.6. The van der Waals surface area contributed by atoms with Gasteiger partial charge < -0.3 is 10.2 Å². The molecule has 0 radical (unpaired) electrons. The standard InChI is InChI=1S/C19H26N2O/c1-3-21(4-2)19(22)16-7-5-14(6-8-16)11-15-12-17-9-10-18(13-15)20-17/h5-8,11,17-18,20H,3-4,9-10,12-13H2,1-2H3. The van der Waals surface area contributed by atoms with Crippen molar-refractivity contribution in [3.05, 3.63) is 41.0 Å². The van der Waals surface area contributed by atoms with E-state index in [-0.39, 0.29) is 5.91 Å². The van der Waals surface area contributed by atoms with E-state index in [0.717, 1.165) is 18.7 Å². The van der Waals surface area contributed by atoms with Crippen molar-refractivity contribution in [2.45, 2.75) is 51.6 Å². The molecule has 0 aliphatic carbocycles. The maximum atomic E-state index is 12.3. The van der Waals surface area contributed by atoms with Crippen molar-refractivity contribution < 1.29 is 4.79 Å². The predicted octanol–water partition coefficient (Wildman–Crippen LogP) is 3.47. The van der Waals surface area contributed by atoms with Gasteiger partial charge in [-0.1, -0.05) is 23.8 Å². The summed E-state index contributed by atoms with van der Waals surface area (Å²) in [6.07, 6.45) is 7.31. The van der Waals surface area contributed by atoms with Crippen molar-refractivity contribution >= 4 is 12.0 Å². The van der Waals surface area contributed by atoms with Gasteiger partial charge in [-0.2, -0.15) is 0 Å². The Balaban J connectivity index is 1.70. The summed E-state index contributed by atoms with van der Waals surface area (Å²) in [7, 11) is 0. The first-order chi connectivity index (χ1) is 10.7. The van der Waals surface area contributed by atoms with Gasteiger partial charge in [-0.05, 0) is 57.2 Å². The molecule has 2 unspecified atom stereocenters. The van der Waals surface area contributed by atoms with Crippen LogP contribution >= 0.6 is 0 Å². The summed E-state index contributed by atoms with van der Waals surface area (Å²) in [5.74, 6) is 0.129. The number of carbonyl (C=O) groups is 1. The number of fused-ring (bicyclic) bond motifs is 2. The molecule has 2 heterocycles. The van der Waals surface area contributed by atoms with Gasteiger partial charge in [0.25, 0.3) is 5.91 Å². The van der Waals surface area contributed by atoms with Crippen LogP contribution in [0, 0.1) is 0 Å². The average molecular weight is 298 g/mol. The van der Waals surface area contributed by atoms with Crippen LogP contribution < -0.4 is 5.32 Å². The number of benzene rings is 1.